The third-order valence-corrected chi connectivity index (χ3v) is 10.8. The van der Waals surface area contributed by atoms with E-state index in [4.69, 9.17) is 0 Å². The van der Waals surface area contributed by atoms with Crippen molar-refractivity contribution in [2.45, 2.75) is 31.6 Å². The highest BCUT2D eigenvalue weighted by Gasteiger charge is 2.80. The minimum atomic E-state index is -5.62. The van der Waals surface area contributed by atoms with Crippen LogP contribution in [0, 0.1) is 13.8 Å². The molecule has 4 aromatic carbocycles. The van der Waals surface area contributed by atoms with Crippen LogP contribution in [0.3, 0.4) is 0 Å². The van der Waals surface area contributed by atoms with E-state index in [0.717, 1.165) is 44.9 Å². The van der Waals surface area contributed by atoms with Gasteiger partial charge >= 0.3 is 17.8 Å². The SMILES string of the molecule is Cc1sc(-c2ccc(-c3ccccc3)cc2)cc1C1=C(c2cc(-c3ccc(-c4ccccc4)cc3)sc2C)C(F)(F)C(F)(F)C1(F)F. The van der Waals surface area contributed by atoms with Crippen molar-refractivity contribution in [1.82, 2.24) is 0 Å². The van der Waals surface area contributed by atoms with Gasteiger partial charge in [-0.25, -0.2) is 0 Å². The number of allylic oxidation sites excluding steroid dienone is 2. The summed E-state index contributed by atoms with van der Waals surface area (Å²) in [5.41, 5.74) is 1.95. The topological polar surface area (TPSA) is 0 Å². The zero-order valence-electron chi connectivity index (χ0n) is 25.1. The Balaban J connectivity index is 1.32. The molecule has 0 spiro atoms. The van der Waals surface area contributed by atoms with Gasteiger partial charge in [0.15, 0.2) is 0 Å². The summed E-state index contributed by atoms with van der Waals surface area (Å²) in [6.07, 6.45) is 0. The molecule has 8 heteroatoms. The molecule has 0 saturated carbocycles. The fourth-order valence-corrected chi connectivity index (χ4v) is 8.16. The molecule has 0 atom stereocenters. The third kappa shape index (κ3) is 5.06. The van der Waals surface area contributed by atoms with Crippen molar-refractivity contribution in [3.63, 3.8) is 0 Å². The highest BCUT2D eigenvalue weighted by atomic mass is 32.1. The average molecular weight is 673 g/mol. The quantitative estimate of drug-likeness (QED) is 0.155. The Hall–Kier alpha value is -4.40. The van der Waals surface area contributed by atoms with E-state index in [-0.39, 0.29) is 20.9 Å². The number of hydrogen-bond donors (Lipinski definition) is 0. The normalized spacial score (nSPS) is 16.5. The Bertz CT molecular complexity index is 1950. The predicted molar refractivity (Wildman–Crippen MR) is 182 cm³/mol. The molecular formula is C39H26F6S2. The van der Waals surface area contributed by atoms with Crippen LogP contribution in [-0.4, -0.2) is 17.8 Å². The van der Waals surface area contributed by atoms with Crippen molar-refractivity contribution in [2.75, 3.05) is 0 Å². The van der Waals surface area contributed by atoms with Gasteiger partial charge in [0.1, 0.15) is 0 Å². The minimum Gasteiger partial charge on any atom is -0.194 e. The zero-order valence-corrected chi connectivity index (χ0v) is 26.8. The van der Waals surface area contributed by atoms with Crippen LogP contribution in [0.4, 0.5) is 26.3 Å². The van der Waals surface area contributed by atoms with E-state index in [9.17, 15) is 0 Å². The lowest BCUT2D eigenvalue weighted by Gasteiger charge is -2.25. The largest absolute Gasteiger partial charge is 0.380 e. The van der Waals surface area contributed by atoms with E-state index in [1.54, 1.807) is 24.3 Å². The summed E-state index contributed by atoms with van der Waals surface area (Å²) < 4.78 is 93.2. The molecule has 0 fully saturated rings. The fourth-order valence-electron chi connectivity index (χ4n) is 6.09. The molecule has 6 aromatic rings. The molecule has 0 N–H and O–H groups in total. The van der Waals surface area contributed by atoms with Crippen molar-refractivity contribution < 1.29 is 26.3 Å². The van der Waals surface area contributed by atoms with Crippen LogP contribution in [0.15, 0.2) is 121 Å². The lowest BCUT2D eigenvalue weighted by Crippen LogP contribution is -2.48. The molecule has 7 rings (SSSR count). The van der Waals surface area contributed by atoms with Gasteiger partial charge in [-0.2, -0.15) is 26.3 Å². The van der Waals surface area contributed by atoms with Gasteiger partial charge in [0.05, 0.1) is 0 Å². The second-order valence-corrected chi connectivity index (χ2v) is 14.0. The van der Waals surface area contributed by atoms with Gasteiger partial charge < -0.3 is 0 Å². The maximum Gasteiger partial charge on any atom is 0.380 e. The molecule has 2 aromatic heterocycles. The molecule has 1 aliphatic rings. The number of benzene rings is 4. The van der Waals surface area contributed by atoms with Crippen molar-refractivity contribution in [2.24, 2.45) is 0 Å². The standard InChI is InChI=1S/C39H26F6S2/c1-23-31(21-33(46-23)29-17-13-27(14-18-29)25-9-5-3-6-10-25)35-36(38(42,43)39(44,45)37(35,40)41)32-22-34(47-24(32)2)30-19-15-28(16-20-30)26-11-7-4-8-12-26/h3-22H,1-2H3. The summed E-state index contributed by atoms with van der Waals surface area (Å²) in [4.78, 5) is 1.52. The highest BCUT2D eigenvalue weighted by Crippen LogP contribution is 2.66. The molecule has 0 saturated heterocycles. The Morgan fingerprint density at radius 2 is 0.702 bits per heavy atom. The monoisotopic (exact) mass is 672 g/mol. The van der Waals surface area contributed by atoms with Crippen LogP contribution in [0.1, 0.15) is 20.9 Å². The summed E-state index contributed by atoms with van der Waals surface area (Å²) >= 11 is 2.21. The van der Waals surface area contributed by atoms with E-state index in [1.807, 2.05) is 84.9 Å². The highest BCUT2D eigenvalue weighted by molar-refractivity contribution is 7.16. The number of hydrogen-bond acceptors (Lipinski definition) is 2. The molecule has 0 aliphatic heterocycles. The van der Waals surface area contributed by atoms with Gasteiger partial charge in [-0.3, -0.25) is 0 Å². The smallest absolute Gasteiger partial charge is 0.194 e. The van der Waals surface area contributed by atoms with Crippen molar-refractivity contribution in [3.05, 3.63) is 142 Å². The minimum absolute atomic E-state index is 0.248. The lowest BCUT2D eigenvalue weighted by molar-refractivity contribution is -0.254. The summed E-state index contributed by atoms with van der Waals surface area (Å²) in [5.74, 6) is -15.8. The maximum absolute atomic E-state index is 15.7. The van der Waals surface area contributed by atoms with Crippen molar-refractivity contribution in [1.29, 1.82) is 0 Å². The molecule has 0 bridgehead atoms. The van der Waals surface area contributed by atoms with E-state index >= 15 is 26.3 Å². The van der Waals surface area contributed by atoms with Crippen LogP contribution in [0.25, 0.3) is 54.3 Å². The summed E-state index contributed by atoms with van der Waals surface area (Å²) in [7, 11) is 0. The number of aryl methyl sites for hydroxylation is 2. The van der Waals surface area contributed by atoms with Crippen LogP contribution >= 0.6 is 22.7 Å². The fraction of sp³-hybridized carbons (Fsp3) is 0.128. The lowest BCUT2D eigenvalue weighted by atomic mass is 9.94. The number of rotatable bonds is 6. The van der Waals surface area contributed by atoms with E-state index < -0.39 is 28.9 Å². The van der Waals surface area contributed by atoms with Crippen LogP contribution in [-0.2, 0) is 0 Å². The van der Waals surface area contributed by atoms with Crippen LogP contribution < -0.4 is 0 Å². The van der Waals surface area contributed by atoms with Gasteiger partial charge in [0.2, 0.25) is 0 Å². The third-order valence-electron chi connectivity index (χ3n) is 8.59. The molecule has 0 amide bonds. The van der Waals surface area contributed by atoms with Crippen LogP contribution in [0.2, 0.25) is 0 Å². The zero-order chi connectivity index (χ0) is 33.1. The maximum atomic E-state index is 15.7. The van der Waals surface area contributed by atoms with Gasteiger partial charge in [-0.15, -0.1) is 22.7 Å². The first-order valence-corrected chi connectivity index (χ1v) is 16.5. The molecule has 0 radical (unpaired) electrons. The van der Waals surface area contributed by atoms with E-state index in [2.05, 4.69) is 0 Å². The molecule has 0 nitrogen and oxygen atoms in total. The van der Waals surface area contributed by atoms with Crippen molar-refractivity contribution in [3.8, 4) is 43.1 Å². The molecule has 1 aliphatic carbocycles. The van der Waals surface area contributed by atoms with Crippen molar-refractivity contribution >= 4 is 33.8 Å². The summed E-state index contributed by atoms with van der Waals surface area (Å²) in [6, 6.07) is 36.7. The molecule has 47 heavy (non-hydrogen) atoms. The van der Waals surface area contributed by atoms with Gasteiger partial charge in [-0.05, 0) is 70.5 Å². The first kappa shape index (κ1) is 31.2. The second-order valence-electron chi connectivity index (χ2n) is 11.5. The first-order chi connectivity index (χ1) is 22.4. The van der Waals surface area contributed by atoms with Crippen LogP contribution in [0.5, 0.6) is 0 Å². The number of thiophene rings is 2. The predicted octanol–water partition coefficient (Wildman–Crippen LogP) is 12.9. The molecule has 0 unspecified atom stereocenters. The summed E-state index contributed by atoms with van der Waals surface area (Å²) in [5, 5.41) is 0. The van der Waals surface area contributed by atoms with E-state index in [0.29, 0.717) is 20.9 Å². The first-order valence-electron chi connectivity index (χ1n) is 14.8. The average Bonchev–Trinajstić information content (AvgIpc) is 3.68. The molecule has 236 valence electrons. The van der Waals surface area contributed by atoms with Gasteiger partial charge in [0, 0.05) is 30.7 Å². The molecule has 2 heterocycles. The van der Waals surface area contributed by atoms with Gasteiger partial charge in [0.25, 0.3) is 0 Å². The Morgan fingerprint density at radius 1 is 0.404 bits per heavy atom. The second kappa shape index (κ2) is 11.4. The Labute approximate surface area is 276 Å². The van der Waals surface area contributed by atoms with Gasteiger partial charge in [-0.1, -0.05) is 109 Å². The Morgan fingerprint density at radius 3 is 1.04 bits per heavy atom. The number of halogens is 6. The summed E-state index contributed by atoms with van der Waals surface area (Å²) in [6.45, 7) is 2.99. The molecular weight excluding hydrogens is 647 g/mol. The Kier molecular flexibility index (Phi) is 7.56. The number of alkyl halides is 6. The van der Waals surface area contributed by atoms with E-state index in [1.165, 1.54) is 26.0 Å².